The van der Waals surface area contributed by atoms with Gasteiger partial charge in [-0.15, -0.1) is 0 Å². The van der Waals surface area contributed by atoms with Crippen LogP contribution in [-0.4, -0.2) is 24.0 Å². The number of hydrogen-bond acceptors (Lipinski definition) is 3. The van der Waals surface area contributed by atoms with E-state index < -0.39 is 0 Å². The summed E-state index contributed by atoms with van der Waals surface area (Å²) in [6.45, 7) is 1.38. The first-order valence-electron chi connectivity index (χ1n) is 5.60. The molecule has 16 heavy (non-hydrogen) atoms. The predicted molar refractivity (Wildman–Crippen MR) is 61.7 cm³/mol. The molecule has 0 spiro atoms. The molecule has 4 nitrogen and oxygen atoms in total. The fraction of sp³-hybridized carbons (Fsp3) is 0.500. The highest BCUT2D eigenvalue weighted by molar-refractivity contribution is 5.78. The summed E-state index contributed by atoms with van der Waals surface area (Å²) in [6.07, 6.45) is 6.09. The second kappa shape index (κ2) is 4.61. The van der Waals surface area contributed by atoms with Crippen molar-refractivity contribution in [3.63, 3.8) is 0 Å². The minimum Gasteiger partial charge on any atom is -0.355 e. The van der Waals surface area contributed by atoms with Crippen LogP contribution in [0.25, 0.3) is 0 Å². The number of nitrogens with two attached hydrogens (primary N) is 1. The van der Waals surface area contributed by atoms with Gasteiger partial charge in [0, 0.05) is 18.9 Å². The van der Waals surface area contributed by atoms with Gasteiger partial charge in [-0.05, 0) is 36.4 Å². The zero-order valence-corrected chi connectivity index (χ0v) is 9.28. The highest BCUT2D eigenvalue weighted by Crippen LogP contribution is 2.43. The van der Waals surface area contributed by atoms with E-state index >= 15 is 0 Å². The van der Waals surface area contributed by atoms with Crippen LogP contribution < -0.4 is 11.1 Å². The van der Waals surface area contributed by atoms with E-state index in [0.717, 1.165) is 18.4 Å². The van der Waals surface area contributed by atoms with Crippen LogP contribution in [0, 0.1) is 5.41 Å². The molecule has 1 saturated carbocycles. The van der Waals surface area contributed by atoms with Crippen LogP contribution in [0.15, 0.2) is 24.5 Å². The molecule has 3 N–H and O–H groups in total. The number of carbonyl (C=O) groups is 1. The number of rotatable bonds is 5. The van der Waals surface area contributed by atoms with Crippen molar-refractivity contribution in [1.29, 1.82) is 0 Å². The normalized spacial score (nSPS) is 16.8. The van der Waals surface area contributed by atoms with Crippen molar-refractivity contribution in [2.45, 2.75) is 19.3 Å². The highest BCUT2D eigenvalue weighted by Gasteiger charge is 2.41. The van der Waals surface area contributed by atoms with Crippen LogP contribution in [0.5, 0.6) is 0 Å². The SMILES string of the molecule is NCC1(CNC(=O)Cc2cccnc2)CC1. The lowest BCUT2D eigenvalue weighted by atomic mass is 10.1. The Morgan fingerprint density at radius 1 is 1.56 bits per heavy atom. The first kappa shape index (κ1) is 11.1. The summed E-state index contributed by atoms with van der Waals surface area (Å²) in [7, 11) is 0. The maximum absolute atomic E-state index is 11.6. The van der Waals surface area contributed by atoms with Gasteiger partial charge in [0.15, 0.2) is 0 Å². The summed E-state index contributed by atoms with van der Waals surface area (Å²) < 4.78 is 0. The molecule has 0 unspecified atom stereocenters. The molecule has 1 aliphatic rings. The number of carbonyl (C=O) groups excluding carboxylic acids is 1. The largest absolute Gasteiger partial charge is 0.355 e. The Kier molecular flexibility index (Phi) is 3.19. The van der Waals surface area contributed by atoms with Gasteiger partial charge in [0.1, 0.15) is 0 Å². The molecule has 1 aromatic rings. The Labute approximate surface area is 95.3 Å². The molecule has 0 atom stereocenters. The van der Waals surface area contributed by atoms with Crippen LogP contribution in [0.2, 0.25) is 0 Å². The predicted octanol–water partition coefficient (Wildman–Crippen LogP) is 0.479. The molecule has 2 rings (SSSR count). The van der Waals surface area contributed by atoms with E-state index in [4.69, 9.17) is 5.73 Å². The van der Waals surface area contributed by atoms with Gasteiger partial charge in [-0.2, -0.15) is 0 Å². The van der Waals surface area contributed by atoms with Crippen LogP contribution in [0.4, 0.5) is 0 Å². The molecular formula is C12H17N3O. The standard InChI is InChI=1S/C12H17N3O/c13-8-12(3-4-12)9-15-11(16)6-10-2-1-5-14-7-10/h1-2,5,7H,3-4,6,8-9,13H2,(H,15,16). The van der Waals surface area contributed by atoms with Gasteiger partial charge in [0.05, 0.1) is 6.42 Å². The lowest BCUT2D eigenvalue weighted by molar-refractivity contribution is -0.120. The molecule has 0 radical (unpaired) electrons. The number of nitrogens with one attached hydrogen (secondary N) is 1. The Morgan fingerprint density at radius 3 is 2.94 bits per heavy atom. The molecule has 86 valence electrons. The second-order valence-electron chi connectivity index (χ2n) is 4.52. The summed E-state index contributed by atoms with van der Waals surface area (Å²) in [5, 5.41) is 2.94. The van der Waals surface area contributed by atoms with E-state index in [-0.39, 0.29) is 11.3 Å². The summed E-state index contributed by atoms with van der Waals surface area (Å²) in [5.74, 6) is 0.0488. The van der Waals surface area contributed by atoms with Crippen molar-refractivity contribution in [3.05, 3.63) is 30.1 Å². The number of aromatic nitrogens is 1. The van der Waals surface area contributed by atoms with E-state index in [1.54, 1.807) is 12.4 Å². The molecule has 1 aliphatic carbocycles. The van der Waals surface area contributed by atoms with Crippen molar-refractivity contribution in [1.82, 2.24) is 10.3 Å². The molecule has 0 aliphatic heterocycles. The smallest absolute Gasteiger partial charge is 0.224 e. The van der Waals surface area contributed by atoms with Crippen LogP contribution >= 0.6 is 0 Å². The van der Waals surface area contributed by atoms with Crippen molar-refractivity contribution in [2.24, 2.45) is 11.1 Å². The van der Waals surface area contributed by atoms with Crippen molar-refractivity contribution >= 4 is 5.91 Å². The first-order chi connectivity index (χ1) is 7.74. The zero-order chi connectivity index (χ0) is 11.4. The highest BCUT2D eigenvalue weighted by atomic mass is 16.1. The Hall–Kier alpha value is -1.42. The van der Waals surface area contributed by atoms with Gasteiger partial charge < -0.3 is 11.1 Å². The minimum atomic E-state index is 0.0488. The van der Waals surface area contributed by atoms with Crippen LogP contribution in [0.1, 0.15) is 18.4 Å². The van der Waals surface area contributed by atoms with Crippen LogP contribution in [0.3, 0.4) is 0 Å². The quantitative estimate of drug-likeness (QED) is 0.757. The third kappa shape index (κ3) is 2.79. The lowest BCUT2D eigenvalue weighted by Gasteiger charge is -2.13. The zero-order valence-electron chi connectivity index (χ0n) is 9.28. The third-order valence-corrected chi connectivity index (χ3v) is 3.14. The van der Waals surface area contributed by atoms with Crippen molar-refractivity contribution in [3.8, 4) is 0 Å². The van der Waals surface area contributed by atoms with Crippen molar-refractivity contribution in [2.75, 3.05) is 13.1 Å². The third-order valence-electron chi connectivity index (χ3n) is 3.14. The fourth-order valence-electron chi connectivity index (χ4n) is 1.67. The van der Waals surface area contributed by atoms with Crippen LogP contribution in [-0.2, 0) is 11.2 Å². The van der Waals surface area contributed by atoms with E-state index in [1.807, 2.05) is 12.1 Å². The van der Waals surface area contributed by atoms with Crippen molar-refractivity contribution < 1.29 is 4.79 Å². The molecule has 0 bridgehead atoms. The Morgan fingerprint density at radius 2 is 2.38 bits per heavy atom. The van der Waals surface area contributed by atoms with Gasteiger partial charge in [-0.1, -0.05) is 6.07 Å². The summed E-state index contributed by atoms with van der Waals surface area (Å²) in [4.78, 5) is 15.6. The molecule has 4 heteroatoms. The summed E-state index contributed by atoms with van der Waals surface area (Å²) in [5.41, 5.74) is 6.79. The van der Waals surface area contributed by atoms with Gasteiger partial charge in [0.2, 0.25) is 5.91 Å². The summed E-state index contributed by atoms with van der Waals surface area (Å²) in [6, 6.07) is 3.74. The van der Waals surface area contributed by atoms with E-state index in [0.29, 0.717) is 19.5 Å². The number of nitrogens with zero attached hydrogens (tertiary/aromatic N) is 1. The van der Waals surface area contributed by atoms with E-state index in [1.165, 1.54) is 0 Å². The number of pyridine rings is 1. The molecule has 1 fully saturated rings. The lowest BCUT2D eigenvalue weighted by Crippen LogP contribution is -2.34. The first-order valence-corrected chi connectivity index (χ1v) is 5.60. The average molecular weight is 219 g/mol. The van der Waals surface area contributed by atoms with E-state index in [9.17, 15) is 4.79 Å². The second-order valence-corrected chi connectivity index (χ2v) is 4.52. The Balaban J connectivity index is 1.77. The fourth-order valence-corrected chi connectivity index (χ4v) is 1.67. The van der Waals surface area contributed by atoms with Gasteiger partial charge in [-0.3, -0.25) is 9.78 Å². The molecule has 0 saturated heterocycles. The number of hydrogen-bond donors (Lipinski definition) is 2. The van der Waals surface area contributed by atoms with Gasteiger partial charge >= 0.3 is 0 Å². The maximum atomic E-state index is 11.6. The van der Waals surface area contributed by atoms with Gasteiger partial charge in [0.25, 0.3) is 0 Å². The topological polar surface area (TPSA) is 68.0 Å². The monoisotopic (exact) mass is 219 g/mol. The number of amides is 1. The minimum absolute atomic E-state index is 0.0488. The average Bonchev–Trinajstić information content (AvgIpc) is 3.09. The molecule has 1 aromatic heterocycles. The van der Waals surface area contributed by atoms with E-state index in [2.05, 4.69) is 10.3 Å². The maximum Gasteiger partial charge on any atom is 0.224 e. The molecule has 0 aromatic carbocycles. The Bertz CT molecular complexity index is 360. The molecule has 1 heterocycles. The molecule has 1 amide bonds. The van der Waals surface area contributed by atoms with Gasteiger partial charge in [-0.25, -0.2) is 0 Å². The summed E-state index contributed by atoms with van der Waals surface area (Å²) >= 11 is 0. The molecular weight excluding hydrogens is 202 g/mol.